The molecule has 0 amide bonds. The first-order chi connectivity index (χ1) is 5.66. The zero-order valence-corrected chi connectivity index (χ0v) is 8.67. The lowest BCUT2D eigenvalue weighted by Crippen LogP contribution is -2.39. The first-order valence-corrected chi connectivity index (χ1v) is 4.85. The predicted octanol–water partition coefficient (Wildman–Crippen LogP) is 2.24. The fourth-order valence-electron chi connectivity index (χ4n) is 1.69. The molecule has 2 nitrogen and oxygen atoms in total. The molecule has 0 fully saturated rings. The summed E-state index contributed by atoms with van der Waals surface area (Å²) in [5, 5.41) is 4.68. The molecule has 0 radical (unpaired) electrons. The van der Waals surface area contributed by atoms with Gasteiger partial charge in [-0.1, -0.05) is 13.3 Å². The van der Waals surface area contributed by atoms with Gasteiger partial charge < -0.3 is 5.01 Å². The fraction of sp³-hybridized carbons (Fsp3) is 0.800. The van der Waals surface area contributed by atoms with Gasteiger partial charge in [-0.05, 0) is 26.3 Å². The zero-order chi connectivity index (χ0) is 9.14. The molecule has 0 saturated carbocycles. The molecule has 0 aromatic heterocycles. The van der Waals surface area contributed by atoms with Crippen molar-refractivity contribution >= 4 is 0 Å². The molecule has 1 rings (SSSR count). The van der Waals surface area contributed by atoms with E-state index in [9.17, 15) is 0 Å². The van der Waals surface area contributed by atoms with Crippen LogP contribution in [0.25, 0.3) is 0 Å². The normalized spacial score (nSPS) is 24.8. The molecule has 0 bridgehead atoms. The molecule has 0 aliphatic carbocycles. The Morgan fingerprint density at radius 3 is 2.58 bits per heavy atom. The molecular formula is C10H20N2. The highest BCUT2D eigenvalue weighted by Crippen LogP contribution is 2.19. The Morgan fingerprint density at radius 1 is 1.50 bits per heavy atom. The van der Waals surface area contributed by atoms with Gasteiger partial charge in [-0.25, -0.2) is 5.01 Å². The summed E-state index contributed by atoms with van der Waals surface area (Å²) in [5.41, 5.74) is 1.37. The van der Waals surface area contributed by atoms with Gasteiger partial charge in [0.15, 0.2) is 0 Å². The first-order valence-electron chi connectivity index (χ1n) is 4.85. The Hall–Kier alpha value is -0.500. The van der Waals surface area contributed by atoms with Crippen LogP contribution in [0.4, 0.5) is 0 Å². The monoisotopic (exact) mass is 168 g/mol. The minimum Gasteiger partial charge on any atom is -0.313 e. The Labute approximate surface area is 75.8 Å². The SMILES string of the molecule is CCCCN1C(C)C=C(C)N1C. The van der Waals surface area contributed by atoms with Gasteiger partial charge in [0.1, 0.15) is 0 Å². The third-order valence-electron chi connectivity index (χ3n) is 2.59. The second-order valence-corrected chi connectivity index (χ2v) is 3.59. The Morgan fingerprint density at radius 2 is 2.17 bits per heavy atom. The maximum atomic E-state index is 2.42. The molecule has 1 aliphatic rings. The Kier molecular flexibility index (Phi) is 3.15. The van der Waals surface area contributed by atoms with Crippen LogP contribution >= 0.6 is 0 Å². The summed E-state index contributed by atoms with van der Waals surface area (Å²) in [5.74, 6) is 0. The number of unbranched alkanes of at least 4 members (excludes halogenated alkanes) is 1. The molecule has 12 heavy (non-hydrogen) atoms. The Bertz CT molecular complexity index is 175. The number of hydrogen-bond acceptors (Lipinski definition) is 2. The molecule has 70 valence electrons. The van der Waals surface area contributed by atoms with Gasteiger partial charge in [0, 0.05) is 25.3 Å². The lowest BCUT2D eigenvalue weighted by Gasteiger charge is -2.30. The summed E-state index contributed by atoms with van der Waals surface area (Å²) >= 11 is 0. The van der Waals surface area contributed by atoms with Gasteiger partial charge in [0.25, 0.3) is 0 Å². The second-order valence-electron chi connectivity index (χ2n) is 3.59. The van der Waals surface area contributed by atoms with E-state index < -0.39 is 0 Å². The van der Waals surface area contributed by atoms with Crippen molar-refractivity contribution in [3.8, 4) is 0 Å². The summed E-state index contributed by atoms with van der Waals surface area (Å²) < 4.78 is 0. The van der Waals surface area contributed by atoms with Crippen molar-refractivity contribution in [3.63, 3.8) is 0 Å². The van der Waals surface area contributed by atoms with E-state index >= 15 is 0 Å². The smallest absolute Gasteiger partial charge is 0.0464 e. The number of hydrazine groups is 1. The van der Waals surface area contributed by atoms with Crippen molar-refractivity contribution in [1.82, 2.24) is 10.0 Å². The molecule has 1 heterocycles. The van der Waals surface area contributed by atoms with E-state index in [1.54, 1.807) is 0 Å². The summed E-state index contributed by atoms with van der Waals surface area (Å²) in [4.78, 5) is 0. The van der Waals surface area contributed by atoms with Crippen LogP contribution < -0.4 is 0 Å². The minimum atomic E-state index is 0.585. The minimum absolute atomic E-state index is 0.585. The molecule has 0 aromatic carbocycles. The average molecular weight is 168 g/mol. The molecule has 1 atom stereocenters. The van der Waals surface area contributed by atoms with Crippen molar-refractivity contribution in [3.05, 3.63) is 11.8 Å². The van der Waals surface area contributed by atoms with Crippen LogP contribution in [0.5, 0.6) is 0 Å². The van der Waals surface area contributed by atoms with Crippen LogP contribution in [-0.4, -0.2) is 29.7 Å². The topological polar surface area (TPSA) is 6.48 Å². The number of allylic oxidation sites excluding steroid dienone is 1. The first kappa shape index (κ1) is 9.59. The standard InChI is InChI=1S/C10H20N2/c1-5-6-7-12-10(3)8-9(2)11(12)4/h8,10H,5-7H2,1-4H3. The number of rotatable bonds is 3. The third kappa shape index (κ3) is 1.81. The van der Waals surface area contributed by atoms with Crippen molar-refractivity contribution in [2.45, 2.75) is 39.7 Å². The van der Waals surface area contributed by atoms with Gasteiger partial charge >= 0.3 is 0 Å². The lowest BCUT2D eigenvalue weighted by molar-refractivity contribution is 0.0348. The molecule has 0 saturated heterocycles. The lowest BCUT2D eigenvalue weighted by atomic mass is 10.3. The van der Waals surface area contributed by atoms with Gasteiger partial charge in [0.05, 0.1) is 0 Å². The Balaban J connectivity index is 2.46. The highest BCUT2D eigenvalue weighted by atomic mass is 15.6. The highest BCUT2D eigenvalue weighted by Gasteiger charge is 2.22. The molecule has 0 spiro atoms. The van der Waals surface area contributed by atoms with Crippen molar-refractivity contribution < 1.29 is 0 Å². The largest absolute Gasteiger partial charge is 0.313 e. The quantitative estimate of drug-likeness (QED) is 0.637. The number of hydrogen-bond donors (Lipinski definition) is 0. The van der Waals surface area contributed by atoms with Crippen molar-refractivity contribution in [2.75, 3.05) is 13.6 Å². The van der Waals surface area contributed by atoms with Crippen molar-refractivity contribution in [2.24, 2.45) is 0 Å². The van der Waals surface area contributed by atoms with E-state index in [1.807, 2.05) is 0 Å². The summed E-state index contributed by atoms with van der Waals surface area (Å²) in [6.45, 7) is 7.84. The summed E-state index contributed by atoms with van der Waals surface area (Å²) in [6, 6.07) is 0.585. The second kappa shape index (κ2) is 3.94. The molecule has 0 aromatic rings. The maximum Gasteiger partial charge on any atom is 0.0464 e. The maximum absolute atomic E-state index is 2.42. The third-order valence-corrected chi connectivity index (χ3v) is 2.59. The van der Waals surface area contributed by atoms with Crippen LogP contribution in [0.2, 0.25) is 0 Å². The van der Waals surface area contributed by atoms with E-state index in [-0.39, 0.29) is 0 Å². The predicted molar refractivity (Wildman–Crippen MR) is 52.6 cm³/mol. The van der Waals surface area contributed by atoms with Gasteiger partial charge in [0.2, 0.25) is 0 Å². The van der Waals surface area contributed by atoms with Gasteiger partial charge in [-0.15, -0.1) is 0 Å². The van der Waals surface area contributed by atoms with E-state index in [0.29, 0.717) is 6.04 Å². The van der Waals surface area contributed by atoms with E-state index in [0.717, 1.165) is 0 Å². The highest BCUT2D eigenvalue weighted by molar-refractivity contribution is 5.07. The number of nitrogens with zero attached hydrogens (tertiary/aromatic N) is 2. The van der Waals surface area contributed by atoms with E-state index in [1.165, 1.54) is 25.1 Å². The summed E-state index contributed by atoms with van der Waals surface area (Å²) in [7, 11) is 2.14. The van der Waals surface area contributed by atoms with Crippen LogP contribution in [0, 0.1) is 0 Å². The van der Waals surface area contributed by atoms with Gasteiger partial charge in [-0.3, -0.25) is 0 Å². The van der Waals surface area contributed by atoms with E-state index in [2.05, 4.69) is 43.9 Å². The van der Waals surface area contributed by atoms with E-state index in [4.69, 9.17) is 0 Å². The molecular weight excluding hydrogens is 148 g/mol. The summed E-state index contributed by atoms with van der Waals surface area (Å²) in [6.07, 6.45) is 4.88. The van der Waals surface area contributed by atoms with Crippen molar-refractivity contribution in [1.29, 1.82) is 0 Å². The molecule has 1 aliphatic heterocycles. The molecule has 0 N–H and O–H groups in total. The van der Waals surface area contributed by atoms with Gasteiger partial charge in [-0.2, -0.15) is 0 Å². The average Bonchev–Trinajstić information content (AvgIpc) is 2.25. The van der Waals surface area contributed by atoms with Crippen LogP contribution in [0.15, 0.2) is 11.8 Å². The van der Waals surface area contributed by atoms with Crippen LogP contribution in [0.3, 0.4) is 0 Å². The fourth-order valence-corrected chi connectivity index (χ4v) is 1.69. The molecule has 2 heteroatoms. The van der Waals surface area contributed by atoms with Crippen LogP contribution in [-0.2, 0) is 0 Å². The zero-order valence-electron chi connectivity index (χ0n) is 8.67. The van der Waals surface area contributed by atoms with Crippen LogP contribution in [0.1, 0.15) is 33.6 Å². The molecule has 1 unspecified atom stereocenters.